The van der Waals surface area contributed by atoms with E-state index in [0.717, 1.165) is 6.07 Å². The van der Waals surface area contributed by atoms with Crippen LogP contribution in [0, 0.1) is 10.1 Å². The van der Waals surface area contributed by atoms with Gasteiger partial charge in [0.1, 0.15) is 0 Å². The van der Waals surface area contributed by atoms with E-state index in [1.807, 2.05) is 0 Å². The minimum absolute atomic E-state index is 0.0646. The molecule has 0 spiro atoms. The van der Waals surface area contributed by atoms with Gasteiger partial charge in [-0.2, -0.15) is 0 Å². The fourth-order valence-corrected chi connectivity index (χ4v) is 2.35. The van der Waals surface area contributed by atoms with Gasteiger partial charge >= 0.3 is 11.7 Å². The van der Waals surface area contributed by atoms with Gasteiger partial charge in [0.15, 0.2) is 5.75 Å². The molecule has 136 valence electrons. The number of anilines is 1. The van der Waals surface area contributed by atoms with Crippen LogP contribution in [0.5, 0.6) is 5.75 Å². The zero-order valence-corrected chi connectivity index (χ0v) is 14.7. The summed E-state index contributed by atoms with van der Waals surface area (Å²) in [7, 11) is 1.21. The van der Waals surface area contributed by atoms with Crippen LogP contribution in [0.25, 0.3) is 0 Å². The Morgan fingerprint density at radius 3 is 2.58 bits per heavy atom. The van der Waals surface area contributed by atoms with E-state index in [-0.39, 0.29) is 39.9 Å². The second kappa shape index (κ2) is 8.30. The Balaban J connectivity index is 2.29. The van der Waals surface area contributed by atoms with Crippen molar-refractivity contribution >= 4 is 34.9 Å². The average Bonchev–Trinajstić information content (AvgIpc) is 2.63. The van der Waals surface area contributed by atoms with Crippen LogP contribution in [0.1, 0.15) is 27.6 Å². The van der Waals surface area contributed by atoms with Crippen LogP contribution >= 0.6 is 11.6 Å². The highest BCUT2D eigenvalue weighted by atomic mass is 35.5. The molecule has 0 aliphatic rings. The number of esters is 1. The maximum absolute atomic E-state index is 12.4. The highest BCUT2D eigenvalue weighted by Gasteiger charge is 2.19. The van der Waals surface area contributed by atoms with Crippen molar-refractivity contribution in [3.63, 3.8) is 0 Å². The number of benzene rings is 2. The lowest BCUT2D eigenvalue weighted by atomic mass is 10.1. The van der Waals surface area contributed by atoms with Gasteiger partial charge in [-0.3, -0.25) is 14.9 Å². The van der Waals surface area contributed by atoms with Gasteiger partial charge in [0, 0.05) is 17.3 Å². The molecule has 0 atom stereocenters. The number of rotatable bonds is 6. The number of hydrogen-bond donors (Lipinski definition) is 1. The van der Waals surface area contributed by atoms with Crippen molar-refractivity contribution < 1.29 is 24.0 Å². The summed E-state index contributed by atoms with van der Waals surface area (Å²) in [4.78, 5) is 34.5. The van der Waals surface area contributed by atoms with Gasteiger partial charge in [-0.15, -0.1) is 0 Å². The number of nitrogens with zero attached hydrogens (tertiary/aromatic N) is 1. The fraction of sp³-hybridized carbons (Fsp3) is 0.176. The lowest BCUT2D eigenvalue weighted by Gasteiger charge is -2.09. The molecule has 1 N–H and O–H groups in total. The van der Waals surface area contributed by atoms with E-state index < -0.39 is 16.8 Å². The fourth-order valence-electron chi connectivity index (χ4n) is 2.15. The Bertz CT molecular complexity index is 868. The van der Waals surface area contributed by atoms with Gasteiger partial charge in [0.2, 0.25) is 0 Å². The van der Waals surface area contributed by atoms with E-state index in [0.29, 0.717) is 0 Å². The van der Waals surface area contributed by atoms with Crippen LogP contribution in [0.15, 0.2) is 36.4 Å². The molecule has 2 rings (SSSR count). The third-order valence-electron chi connectivity index (χ3n) is 3.35. The normalized spacial score (nSPS) is 10.1. The lowest BCUT2D eigenvalue weighted by molar-refractivity contribution is -0.385. The molecule has 2 aromatic carbocycles. The molecule has 2 aromatic rings. The summed E-state index contributed by atoms with van der Waals surface area (Å²) in [5.41, 5.74) is 0.126. The minimum Gasteiger partial charge on any atom is -0.487 e. The Labute approximate surface area is 153 Å². The first-order valence-electron chi connectivity index (χ1n) is 7.47. The van der Waals surface area contributed by atoms with Crippen LogP contribution in [0.2, 0.25) is 5.02 Å². The quantitative estimate of drug-likeness (QED) is 0.466. The molecule has 0 radical (unpaired) electrons. The Hall–Kier alpha value is -3.13. The Kier molecular flexibility index (Phi) is 6.13. The molecular weight excluding hydrogens is 364 g/mol. The summed E-state index contributed by atoms with van der Waals surface area (Å²) in [6.45, 7) is 1.96. The molecule has 0 heterocycles. The number of hydrogen-bond acceptors (Lipinski definition) is 6. The van der Waals surface area contributed by atoms with Crippen molar-refractivity contribution in [2.45, 2.75) is 6.92 Å². The van der Waals surface area contributed by atoms with E-state index in [4.69, 9.17) is 16.3 Å². The molecule has 0 aromatic heterocycles. The molecule has 0 bridgehead atoms. The van der Waals surface area contributed by atoms with Crippen LogP contribution < -0.4 is 10.1 Å². The van der Waals surface area contributed by atoms with E-state index >= 15 is 0 Å². The Morgan fingerprint density at radius 2 is 1.96 bits per heavy atom. The van der Waals surface area contributed by atoms with Gasteiger partial charge in [-0.25, -0.2) is 4.79 Å². The number of halogens is 1. The highest BCUT2D eigenvalue weighted by Crippen LogP contribution is 2.28. The molecule has 0 aliphatic carbocycles. The topological polar surface area (TPSA) is 108 Å². The van der Waals surface area contributed by atoms with Crippen molar-refractivity contribution in [3.8, 4) is 5.75 Å². The number of nitro groups is 1. The molecule has 0 saturated heterocycles. The van der Waals surface area contributed by atoms with Crippen molar-refractivity contribution in [1.29, 1.82) is 0 Å². The molecule has 26 heavy (non-hydrogen) atoms. The van der Waals surface area contributed by atoms with E-state index in [1.165, 1.54) is 37.4 Å². The second-order valence-corrected chi connectivity index (χ2v) is 5.42. The van der Waals surface area contributed by atoms with E-state index in [2.05, 4.69) is 10.1 Å². The average molecular weight is 379 g/mol. The largest absolute Gasteiger partial charge is 0.487 e. The monoisotopic (exact) mass is 378 g/mol. The first-order chi connectivity index (χ1) is 12.4. The van der Waals surface area contributed by atoms with Crippen molar-refractivity contribution in [3.05, 3.63) is 62.7 Å². The Morgan fingerprint density at radius 1 is 1.23 bits per heavy atom. The minimum atomic E-state index is -0.650. The van der Waals surface area contributed by atoms with Gasteiger partial charge in [-0.1, -0.05) is 11.6 Å². The summed E-state index contributed by atoms with van der Waals surface area (Å²) < 4.78 is 9.79. The summed E-state index contributed by atoms with van der Waals surface area (Å²) >= 11 is 5.92. The SMILES string of the molecule is CCOc1ccc(C(=O)Nc2ccc(Cl)c(C(=O)OC)c2)cc1[N+](=O)[O-]. The number of carbonyl (C=O) groups is 2. The summed E-state index contributed by atoms with van der Waals surface area (Å²) in [5, 5.41) is 13.9. The van der Waals surface area contributed by atoms with Crippen LogP contribution in [0.3, 0.4) is 0 Å². The predicted octanol–water partition coefficient (Wildman–Crippen LogP) is 3.69. The maximum Gasteiger partial charge on any atom is 0.339 e. The van der Waals surface area contributed by atoms with Gasteiger partial charge in [0.05, 0.1) is 29.2 Å². The van der Waals surface area contributed by atoms with E-state index in [1.54, 1.807) is 6.92 Å². The van der Waals surface area contributed by atoms with Crippen molar-refractivity contribution in [2.75, 3.05) is 19.0 Å². The summed E-state index contributed by atoms with van der Waals surface area (Å²) in [5.74, 6) is -1.16. The first-order valence-corrected chi connectivity index (χ1v) is 7.85. The third-order valence-corrected chi connectivity index (χ3v) is 3.68. The molecule has 0 unspecified atom stereocenters. The van der Waals surface area contributed by atoms with Gasteiger partial charge in [-0.05, 0) is 37.3 Å². The number of nitrogens with one attached hydrogen (secondary N) is 1. The molecule has 0 saturated carbocycles. The summed E-state index contributed by atoms with van der Waals surface area (Å²) in [6.07, 6.45) is 0. The van der Waals surface area contributed by atoms with Crippen molar-refractivity contribution in [2.24, 2.45) is 0 Å². The molecule has 0 aliphatic heterocycles. The molecular formula is C17H15ClN2O6. The third kappa shape index (κ3) is 4.28. The van der Waals surface area contributed by atoms with Crippen LogP contribution in [0.4, 0.5) is 11.4 Å². The smallest absolute Gasteiger partial charge is 0.339 e. The predicted molar refractivity (Wildman–Crippen MR) is 95.0 cm³/mol. The van der Waals surface area contributed by atoms with Gasteiger partial charge < -0.3 is 14.8 Å². The zero-order valence-electron chi connectivity index (χ0n) is 13.9. The van der Waals surface area contributed by atoms with Crippen LogP contribution in [-0.4, -0.2) is 30.5 Å². The van der Waals surface area contributed by atoms with Crippen LogP contribution in [-0.2, 0) is 4.74 Å². The number of amides is 1. The highest BCUT2D eigenvalue weighted by molar-refractivity contribution is 6.33. The number of methoxy groups -OCH3 is 1. The zero-order chi connectivity index (χ0) is 19.3. The lowest BCUT2D eigenvalue weighted by Crippen LogP contribution is -2.13. The number of carbonyl (C=O) groups excluding carboxylic acids is 2. The standard InChI is InChI=1S/C17H15ClN2O6/c1-3-26-15-7-4-10(8-14(15)20(23)24)16(21)19-11-5-6-13(18)12(9-11)17(22)25-2/h4-9H,3H2,1-2H3,(H,19,21). The van der Waals surface area contributed by atoms with Gasteiger partial charge in [0.25, 0.3) is 5.91 Å². The number of nitro benzene ring substituents is 1. The second-order valence-electron chi connectivity index (χ2n) is 5.01. The maximum atomic E-state index is 12.4. The molecule has 1 amide bonds. The molecule has 8 nitrogen and oxygen atoms in total. The first kappa shape index (κ1) is 19.2. The molecule has 0 fully saturated rings. The number of ether oxygens (including phenoxy) is 2. The summed E-state index contributed by atoms with van der Waals surface area (Å²) in [6, 6.07) is 8.18. The van der Waals surface area contributed by atoms with Crippen molar-refractivity contribution in [1.82, 2.24) is 0 Å². The molecule has 9 heteroatoms. The van der Waals surface area contributed by atoms with E-state index in [9.17, 15) is 19.7 Å².